The van der Waals surface area contributed by atoms with Crippen LogP contribution in [0, 0.1) is 5.82 Å². The van der Waals surface area contributed by atoms with E-state index >= 15 is 0 Å². The Morgan fingerprint density at radius 1 is 1.35 bits per heavy atom. The van der Waals surface area contributed by atoms with E-state index in [-0.39, 0.29) is 5.82 Å². The van der Waals surface area contributed by atoms with Crippen molar-refractivity contribution in [2.45, 2.75) is 11.7 Å². The van der Waals surface area contributed by atoms with E-state index in [1.807, 2.05) is 4.90 Å². The minimum atomic E-state index is -3.09. The molecule has 0 saturated carbocycles. The fourth-order valence-corrected chi connectivity index (χ4v) is 3.55. The zero-order valence-corrected chi connectivity index (χ0v) is 11.8. The van der Waals surface area contributed by atoms with Crippen LogP contribution in [0.4, 0.5) is 10.2 Å². The maximum atomic E-state index is 14.0. The Kier molecular flexibility index (Phi) is 3.08. The SMILES string of the molecule is CS(=O)(=O)C1CCN(c2ncnc3cccc(F)c23)C1. The van der Waals surface area contributed by atoms with Gasteiger partial charge in [-0.2, -0.15) is 0 Å². The molecule has 1 atom stereocenters. The summed E-state index contributed by atoms with van der Waals surface area (Å²) in [6, 6.07) is 4.67. The van der Waals surface area contributed by atoms with E-state index in [1.54, 1.807) is 12.1 Å². The molecule has 1 aliphatic heterocycles. The lowest BCUT2D eigenvalue weighted by molar-refractivity contribution is 0.589. The molecular formula is C13H14FN3O2S. The number of benzene rings is 1. The van der Waals surface area contributed by atoms with Crippen molar-refractivity contribution in [3.05, 3.63) is 30.3 Å². The first-order chi connectivity index (χ1) is 9.47. The van der Waals surface area contributed by atoms with Crippen LogP contribution in [-0.4, -0.2) is 43.0 Å². The Hall–Kier alpha value is -1.76. The summed E-state index contributed by atoms with van der Waals surface area (Å²) < 4.78 is 37.2. The van der Waals surface area contributed by atoms with Crippen LogP contribution in [0.5, 0.6) is 0 Å². The number of hydrogen-bond donors (Lipinski definition) is 0. The molecule has 1 saturated heterocycles. The second-order valence-electron chi connectivity index (χ2n) is 5.02. The van der Waals surface area contributed by atoms with Crippen molar-refractivity contribution in [2.24, 2.45) is 0 Å². The highest BCUT2D eigenvalue weighted by molar-refractivity contribution is 7.91. The van der Waals surface area contributed by atoms with Gasteiger partial charge in [0.1, 0.15) is 18.0 Å². The third kappa shape index (κ3) is 2.22. The Balaban J connectivity index is 2.04. The van der Waals surface area contributed by atoms with Gasteiger partial charge in [-0.05, 0) is 18.6 Å². The quantitative estimate of drug-likeness (QED) is 0.838. The number of sulfone groups is 1. The molecule has 1 fully saturated rings. The predicted octanol–water partition coefficient (Wildman–Crippen LogP) is 1.39. The van der Waals surface area contributed by atoms with E-state index in [4.69, 9.17) is 0 Å². The molecule has 5 nitrogen and oxygen atoms in total. The minimum absolute atomic E-state index is 0.347. The topological polar surface area (TPSA) is 63.2 Å². The highest BCUT2D eigenvalue weighted by atomic mass is 32.2. The molecule has 1 aliphatic rings. The standard InChI is InChI=1S/C13H14FN3O2S/c1-20(18,19)9-5-6-17(7-9)13-12-10(14)3-2-4-11(12)15-8-16-13/h2-4,8-9H,5-7H2,1H3. The summed E-state index contributed by atoms with van der Waals surface area (Å²) in [7, 11) is -3.09. The maximum Gasteiger partial charge on any atom is 0.152 e. The molecule has 0 aliphatic carbocycles. The molecule has 0 N–H and O–H groups in total. The molecule has 106 valence electrons. The smallest absolute Gasteiger partial charge is 0.152 e. The number of hydrogen-bond acceptors (Lipinski definition) is 5. The molecule has 1 aromatic heterocycles. The van der Waals surface area contributed by atoms with E-state index in [2.05, 4.69) is 9.97 Å². The average Bonchev–Trinajstić information content (AvgIpc) is 2.88. The van der Waals surface area contributed by atoms with E-state index in [0.29, 0.717) is 36.2 Å². The molecular weight excluding hydrogens is 281 g/mol. The van der Waals surface area contributed by atoms with E-state index < -0.39 is 15.1 Å². The fourth-order valence-electron chi connectivity index (χ4n) is 2.56. The molecule has 0 bridgehead atoms. The van der Waals surface area contributed by atoms with Gasteiger partial charge in [0.25, 0.3) is 0 Å². The van der Waals surface area contributed by atoms with Gasteiger partial charge in [-0.1, -0.05) is 6.07 Å². The molecule has 2 heterocycles. The highest BCUT2D eigenvalue weighted by Crippen LogP contribution is 2.29. The van der Waals surface area contributed by atoms with Gasteiger partial charge >= 0.3 is 0 Å². The Labute approximate surface area is 116 Å². The van der Waals surface area contributed by atoms with Crippen molar-refractivity contribution in [1.82, 2.24) is 9.97 Å². The molecule has 0 amide bonds. The normalized spacial score (nSPS) is 19.7. The van der Waals surface area contributed by atoms with Crippen molar-refractivity contribution in [3.63, 3.8) is 0 Å². The van der Waals surface area contributed by atoms with Crippen LogP contribution in [0.2, 0.25) is 0 Å². The van der Waals surface area contributed by atoms with Crippen molar-refractivity contribution in [1.29, 1.82) is 0 Å². The third-order valence-electron chi connectivity index (χ3n) is 3.64. The van der Waals surface area contributed by atoms with Crippen LogP contribution in [0.1, 0.15) is 6.42 Å². The number of anilines is 1. The number of fused-ring (bicyclic) bond motifs is 1. The summed E-state index contributed by atoms with van der Waals surface area (Å²) >= 11 is 0. The van der Waals surface area contributed by atoms with Gasteiger partial charge in [0.15, 0.2) is 9.84 Å². The lowest BCUT2D eigenvalue weighted by atomic mass is 10.2. The van der Waals surface area contributed by atoms with Crippen molar-refractivity contribution in [3.8, 4) is 0 Å². The molecule has 0 spiro atoms. The number of halogens is 1. The van der Waals surface area contributed by atoms with Crippen molar-refractivity contribution in [2.75, 3.05) is 24.2 Å². The first-order valence-electron chi connectivity index (χ1n) is 6.30. The lowest BCUT2D eigenvalue weighted by Crippen LogP contribution is -2.27. The Bertz CT molecular complexity index is 758. The number of rotatable bonds is 2. The summed E-state index contributed by atoms with van der Waals surface area (Å²) in [5.74, 6) is 0.0835. The second-order valence-corrected chi connectivity index (χ2v) is 7.34. The van der Waals surface area contributed by atoms with Gasteiger partial charge in [0.2, 0.25) is 0 Å². The zero-order chi connectivity index (χ0) is 14.3. The van der Waals surface area contributed by atoms with E-state index in [1.165, 1.54) is 18.6 Å². The summed E-state index contributed by atoms with van der Waals surface area (Å²) in [6.07, 6.45) is 3.16. The second kappa shape index (κ2) is 4.66. The monoisotopic (exact) mass is 295 g/mol. The number of aromatic nitrogens is 2. The first kappa shape index (κ1) is 13.2. The Morgan fingerprint density at radius 3 is 2.85 bits per heavy atom. The van der Waals surface area contributed by atoms with Crippen LogP contribution in [0.3, 0.4) is 0 Å². The molecule has 20 heavy (non-hydrogen) atoms. The van der Waals surface area contributed by atoms with Gasteiger partial charge in [-0.15, -0.1) is 0 Å². The van der Waals surface area contributed by atoms with Crippen LogP contribution < -0.4 is 4.90 Å². The van der Waals surface area contributed by atoms with Crippen LogP contribution in [0.25, 0.3) is 10.9 Å². The predicted molar refractivity (Wildman–Crippen MR) is 75.0 cm³/mol. The van der Waals surface area contributed by atoms with Gasteiger partial charge in [-0.25, -0.2) is 22.8 Å². The highest BCUT2D eigenvalue weighted by Gasteiger charge is 2.31. The van der Waals surface area contributed by atoms with E-state index in [0.717, 1.165) is 0 Å². The van der Waals surface area contributed by atoms with Crippen LogP contribution in [0.15, 0.2) is 24.5 Å². The molecule has 1 aromatic carbocycles. The fraction of sp³-hybridized carbons (Fsp3) is 0.385. The van der Waals surface area contributed by atoms with Crippen LogP contribution >= 0.6 is 0 Å². The van der Waals surface area contributed by atoms with Gasteiger partial charge in [0.05, 0.1) is 16.2 Å². The summed E-state index contributed by atoms with van der Waals surface area (Å²) in [6.45, 7) is 0.900. The Morgan fingerprint density at radius 2 is 2.15 bits per heavy atom. The average molecular weight is 295 g/mol. The van der Waals surface area contributed by atoms with Gasteiger partial charge < -0.3 is 4.90 Å². The first-order valence-corrected chi connectivity index (χ1v) is 8.25. The molecule has 2 aromatic rings. The van der Waals surface area contributed by atoms with Gasteiger partial charge in [0, 0.05) is 19.3 Å². The molecule has 1 unspecified atom stereocenters. The zero-order valence-electron chi connectivity index (χ0n) is 11.0. The van der Waals surface area contributed by atoms with Gasteiger partial charge in [-0.3, -0.25) is 0 Å². The van der Waals surface area contributed by atoms with Crippen molar-refractivity contribution >= 4 is 26.6 Å². The summed E-state index contributed by atoms with van der Waals surface area (Å²) in [5, 5.41) is -0.0663. The maximum absolute atomic E-state index is 14.0. The largest absolute Gasteiger partial charge is 0.355 e. The lowest BCUT2D eigenvalue weighted by Gasteiger charge is -2.18. The van der Waals surface area contributed by atoms with Crippen molar-refractivity contribution < 1.29 is 12.8 Å². The van der Waals surface area contributed by atoms with Crippen LogP contribution in [-0.2, 0) is 9.84 Å². The number of nitrogens with zero attached hydrogens (tertiary/aromatic N) is 3. The molecule has 7 heteroatoms. The molecule has 0 radical (unpaired) electrons. The summed E-state index contributed by atoms with van der Waals surface area (Å²) in [5.41, 5.74) is 0.526. The van der Waals surface area contributed by atoms with E-state index in [9.17, 15) is 12.8 Å². The summed E-state index contributed by atoms with van der Waals surface area (Å²) in [4.78, 5) is 10.0. The minimum Gasteiger partial charge on any atom is -0.355 e. The third-order valence-corrected chi connectivity index (χ3v) is 5.24. The molecule has 3 rings (SSSR count).